The Hall–Kier alpha value is -0.980. The number of nitrogens with one attached hydrogen (secondary N) is 1. The summed E-state index contributed by atoms with van der Waals surface area (Å²) in [5.74, 6) is 2.44. The van der Waals surface area contributed by atoms with Crippen molar-refractivity contribution in [3.63, 3.8) is 0 Å². The molecule has 104 valence electrons. The van der Waals surface area contributed by atoms with Crippen molar-refractivity contribution in [2.45, 2.75) is 6.54 Å². The first-order valence-corrected chi connectivity index (χ1v) is 7.17. The summed E-state index contributed by atoms with van der Waals surface area (Å²) in [5.41, 5.74) is 1.06. The minimum absolute atomic E-state index is 0.281. The lowest BCUT2D eigenvalue weighted by molar-refractivity contribution is 0.170. The van der Waals surface area contributed by atoms with Gasteiger partial charge in [0.1, 0.15) is 5.75 Å². The highest BCUT2D eigenvalue weighted by molar-refractivity contribution is 9.10. The van der Waals surface area contributed by atoms with Gasteiger partial charge in [0.15, 0.2) is 11.5 Å². The van der Waals surface area contributed by atoms with E-state index in [2.05, 4.69) is 26.1 Å². The highest BCUT2D eigenvalue weighted by Gasteiger charge is 2.26. The van der Waals surface area contributed by atoms with Gasteiger partial charge in [0.25, 0.3) is 0 Å². The molecule has 0 unspecified atom stereocenters. The molecule has 0 saturated carbocycles. The zero-order valence-corrected chi connectivity index (χ0v) is 12.5. The zero-order valence-electron chi connectivity index (χ0n) is 10.9. The summed E-state index contributed by atoms with van der Waals surface area (Å²) >= 11 is 3.53. The van der Waals surface area contributed by atoms with Gasteiger partial charge in [-0.1, -0.05) is 0 Å². The number of benzene rings is 1. The third-order valence-corrected chi connectivity index (χ3v) is 4.05. The predicted molar refractivity (Wildman–Crippen MR) is 75.0 cm³/mol. The molecule has 2 heterocycles. The van der Waals surface area contributed by atoms with Crippen LogP contribution >= 0.6 is 15.9 Å². The third kappa shape index (κ3) is 2.52. The number of hydrogen-bond acceptors (Lipinski definition) is 5. The summed E-state index contributed by atoms with van der Waals surface area (Å²) in [6.07, 6.45) is 0. The average molecular weight is 329 g/mol. The van der Waals surface area contributed by atoms with Crippen LogP contribution in [0.2, 0.25) is 0 Å². The summed E-state index contributed by atoms with van der Waals surface area (Å²) in [5, 5.41) is 3.35. The van der Waals surface area contributed by atoms with E-state index in [1.54, 1.807) is 7.11 Å². The molecule has 1 aromatic carbocycles. The fraction of sp³-hybridized carbons (Fsp3) is 0.538. The molecule has 6 heteroatoms. The Morgan fingerprint density at radius 2 is 2.16 bits per heavy atom. The van der Waals surface area contributed by atoms with E-state index in [-0.39, 0.29) is 6.79 Å². The van der Waals surface area contributed by atoms with Crippen LogP contribution in [0.25, 0.3) is 0 Å². The molecule has 0 amide bonds. The molecule has 2 aliphatic rings. The number of piperazine rings is 1. The second kappa shape index (κ2) is 5.56. The van der Waals surface area contributed by atoms with Crippen molar-refractivity contribution in [1.82, 2.24) is 10.2 Å². The summed E-state index contributed by atoms with van der Waals surface area (Å²) in [6.45, 7) is 5.21. The summed E-state index contributed by atoms with van der Waals surface area (Å²) in [6, 6.07) is 1.91. The minimum atomic E-state index is 0.281. The lowest BCUT2D eigenvalue weighted by atomic mass is 10.1. The van der Waals surface area contributed by atoms with Gasteiger partial charge in [0.05, 0.1) is 17.1 Å². The van der Waals surface area contributed by atoms with Crippen LogP contribution in [0, 0.1) is 0 Å². The van der Waals surface area contributed by atoms with Crippen LogP contribution in [0.3, 0.4) is 0 Å². The molecular formula is C13H17BrN2O3. The fourth-order valence-electron chi connectivity index (χ4n) is 2.52. The number of fused-ring (bicyclic) bond motifs is 1. The van der Waals surface area contributed by atoms with Crippen molar-refractivity contribution in [2.75, 3.05) is 40.1 Å². The molecule has 5 nitrogen and oxygen atoms in total. The van der Waals surface area contributed by atoms with E-state index in [0.717, 1.165) is 60.0 Å². The highest BCUT2D eigenvalue weighted by Crippen LogP contribution is 2.45. The van der Waals surface area contributed by atoms with Crippen LogP contribution < -0.4 is 19.5 Å². The molecule has 2 aliphatic heterocycles. The van der Waals surface area contributed by atoms with E-state index in [0.29, 0.717) is 0 Å². The van der Waals surface area contributed by atoms with Crippen molar-refractivity contribution >= 4 is 15.9 Å². The number of rotatable bonds is 3. The second-order valence-electron chi connectivity index (χ2n) is 4.63. The van der Waals surface area contributed by atoms with Gasteiger partial charge in [-0.2, -0.15) is 0 Å². The molecular weight excluding hydrogens is 312 g/mol. The van der Waals surface area contributed by atoms with E-state index in [1.165, 1.54) is 0 Å². The van der Waals surface area contributed by atoms with Crippen LogP contribution in [0.5, 0.6) is 17.2 Å². The Balaban J connectivity index is 1.93. The first-order valence-electron chi connectivity index (χ1n) is 6.37. The lowest BCUT2D eigenvalue weighted by Crippen LogP contribution is -2.42. The van der Waals surface area contributed by atoms with Gasteiger partial charge < -0.3 is 19.5 Å². The molecule has 0 atom stereocenters. The standard InChI is InChI=1S/C13H17BrN2O3/c1-17-12-9(7-16-4-2-15-3-5-16)13-11(6-10(12)14)18-8-19-13/h6,15H,2-5,7-8H2,1H3. The molecule has 1 aromatic rings. The number of nitrogens with zero attached hydrogens (tertiary/aromatic N) is 1. The van der Waals surface area contributed by atoms with Gasteiger partial charge in [0.2, 0.25) is 6.79 Å². The Kier molecular flexibility index (Phi) is 3.81. The normalized spacial score (nSPS) is 18.6. The van der Waals surface area contributed by atoms with Gasteiger partial charge in [-0.3, -0.25) is 4.90 Å². The SMILES string of the molecule is COc1c(Br)cc2c(c1CN1CCNCC1)OCO2. The maximum absolute atomic E-state index is 5.60. The minimum Gasteiger partial charge on any atom is -0.495 e. The predicted octanol–water partition coefficient (Wildman–Crippen LogP) is 1.59. The van der Waals surface area contributed by atoms with E-state index in [1.807, 2.05) is 6.07 Å². The Morgan fingerprint density at radius 1 is 1.37 bits per heavy atom. The molecule has 1 fully saturated rings. The molecule has 0 radical (unpaired) electrons. The Morgan fingerprint density at radius 3 is 2.89 bits per heavy atom. The molecule has 19 heavy (non-hydrogen) atoms. The van der Waals surface area contributed by atoms with Crippen molar-refractivity contribution in [1.29, 1.82) is 0 Å². The van der Waals surface area contributed by atoms with Gasteiger partial charge in [-0.05, 0) is 15.9 Å². The Labute approximate surface area is 120 Å². The summed E-state index contributed by atoms with van der Waals surface area (Å²) < 4.78 is 17.5. The van der Waals surface area contributed by atoms with Crippen molar-refractivity contribution < 1.29 is 14.2 Å². The fourth-order valence-corrected chi connectivity index (χ4v) is 3.13. The quantitative estimate of drug-likeness (QED) is 0.912. The van der Waals surface area contributed by atoms with Crippen molar-refractivity contribution in [2.24, 2.45) is 0 Å². The topological polar surface area (TPSA) is 43.0 Å². The molecule has 0 aliphatic carbocycles. The monoisotopic (exact) mass is 328 g/mol. The lowest BCUT2D eigenvalue weighted by Gasteiger charge is -2.28. The molecule has 1 saturated heterocycles. The smallest absolute Gasteiger partial charge is 0.231 e. The largest absolute Gasteiger partial charge is 0.495 e. The summed E-state index contributed by atoms with van der Waals surface area (Å²) in [7, 11) is 1.68. The Bertz CT molecular complexity index is 472. The van der Waals surface area contributed by atoms with Crippen LogP contribution in [0.4, 0.5) is 0 Å². The van der Waals surface area contributed by atoms with Crippen LogP contribution in [0.1, 0.15) is 5.56 Å². The van der Waals surface area contributed by atoms with E-state index in [4.69, 9.17) is 14.2 Å². The maximum Gasteiger partial charge on any atom is 0.231 e. The number of methoxy groups -OCH3 is 1. The van der Waals surface area contributed by atoms with Crippen molar-refractivity contribution in [3.8, 4) is 17.2 Å². The van der Waals surface area contributed by atoms with Gasteiger partial charge >= 0.3 is 0 Å². The highest BCUT2D eigenvalue weighted by atomic mass is 79.9. The van der Waals surface area contributed by atoms with E-state index < -0.39 is 0 Å². The third-order valence-electron chi connectivity index (χ3n) is 3.46. The molecule has 0 bridgehead atoms. The molecule has 0 spiro atoms. The van der Waals surface area contributed by atoms with Crippen LogP contribution in [-0.2, 0) is 6.54 Å². The number of halogens is 1. The first-order chi connectivity index (χ1) is 9.29. The average Bonchev–Trinajstić information content (AvgIpc) is 2.88. The maximum atomic E-state index is 5.60. The number of hydrogen-bond donors (Lipinski definition) is 1. The molecule has 0 aromatic heterocycles. The van der Waals surface area contributed by atoms with Gasteiger partial charge in [-0.25, -0.2) is 0 Å². The first kappa shape index (κ1) is 13.0. The zero-order chi connectivity index (χ0) is 13.2. The van der Waals surface area contributed by atoms with Crippen molar-refractivity contribution in [3.05, 3.63) is 16.1 Å². The van der Waals surface area contributed by atoms with Crippen LogP contribution in [-0.4, -0.2) is 45.0 Å². The van der Waals surface area contributed by atoms with E-state index in [9.17, 15) is 0 Å². The van der Waals surface area contributed by atoms with Gasteiger partial charge in [0, 0.05) is 38.8 Å². The summed E-state index contributed by atoms with van der Waals surface area (Å²) in [4.78, 5) is 2.39. The van der Waals surface area contributed by atoms with Crippen LogP contribution in [0.15, 0.2) is 10.5 Å². The molecule has 3 rings (SSSR count). The van der Waals surface area contributed by atoms with Gasteiger partial charge in [-0.15, -0.1) is 0 Å². The molecule has 1 N–H and O–H groups in total. The second-order valence-corrected chi connectivity index (χ2v) is 5.48. The van der Waals surface area contributed by atoms with E-state index >= 15 is 0 Å². The number of ether oxygens (including phenoxy) is 3.